The molecule has 1 aliphatic rings. The molecule has 1 N–H and O–H groups in total. The number of hydrogen-bond acceptors (Lipinski definition) is 4. The fraction of sp³-hybridized carbons (Fsp3) is 0.375. The number of aromatic nitrogens is 2. The first-order valence-corrected chi connectivity index (χ1v) is 11.7. The van der Waals surface area contributed by atoms with E-state index in [2.05, 4.69) is 24.1 Å². The van der Waals surface area contributed by atoms with Crippen molar-refractivity contribution < 1.29 is 4.79 Å². The van der Waals surface area contributed by atoms with E-state index in [1.165, 1.54) is 6.42 Å². The molecule has 0 saturated heterocycles. The Bertz CT molecular complexity index is 1060. The summed E-state index contributed by atoms with van der Waals surface area (Å²) in [4.78, 5) is 23.3. The molecule has 0 unspecified atom stereocenters. The second-order valence-corrected chi connectivity index (χ2v) is 9.67. The third-order valence-corrected chi connectivity index (χ3v) is 7.32. The number of anilines is 1. The second kappa shape index (κ2) is 8.86. The van der Waals surface area contributed by atoms with Crippen LogP contribution in [0.2, 0.25) is 5.02 Å². The van der Waals surface area contributed by atoms with Crippen molar-refractivity contribution in [3.63, 3.8) is 0 Å². The Kier molecular flexibility index (Phi) is 6.21. The molecule has 0 spiro atoms. The van der Waals surface area contributed by atoms with Gasteiger partial charge >= 0.3 is 0 Å². The lowest BCUT2D eigenvalue weighted by atomic mass is 9.75. The third kappa shape index (κ3) is 4.42. The van der Waals surface area contributed by atoms with Gasteiger partial charge < -0.3 is 5.32 Å². The molecule has 0 radical (unpaired) electrons. The van der Waals surface area contributed by atoms with Crippen molar-refractivity contribution >= 4 is 34.7 Å². The number of nitrogens with zero attached hydrogens (tertiary/aromatic N) is 2. The Balaban J connectivity index is 1.66. The number of hydrogen-bond donors (Lipinski definition) is 1. The van der Waals surface area contributed by atoms with E-state index in [1.807, 2.05) is 36.4 Å². The Morgan fingerprint density at radius 1 is 1.17 bits per heavy atom. The lowest BCUT2D eigenvalue weighted by molar-refractivity contribution is -0.126. The molecule has 1 fully saturated rings. The van der Waals surface area contributed by atoms with E-state index in [0.29, 0.717) is 10.8 Å². The maximum atomic E-state index is 12.9. The summed E-state index contributed by atoms with van der Waals surface area (Å²) in [6.07, 6.45) is 7.93. The summed E-state index contributed by atoms with van der Waals surface area (Å²) >= 11 is 7.89. The highest BCUT2D eigenvalue weighted by Gasteiger charge is 2.34. The van der Waals surface area contributed by atoms with Gasteiger partial charge in [0, 0.05) is 22.2 Å². The van der Waals surface area contributed by atoms with Crippen LogP contribution in [0.15, 0.2) is 42.6 Å². The summed E-state index contributed by atoms with van der Waals surface area (Å²) in [6.45, 7) is 4.17. The van der Waals surface area contributed by atoms with E-state index in [1.54, 1.807) is 17.5 Å². The van der Waals surface area contributed by atoms with Crippen LogP contribution in [0.3, 0.4) is 0 Å². The zero-order valence-electron chi connectivity index (χ0n) is 17.4. The molecule has 3 aromatic rings. The summed E-state index contributed by atoms with van der Waals surface area (Å²) in [5, 5.41) is 4.82. The van der Waals surface area contributed by atoms with E-state index in [4.69, 9.17) is 16.6 Å². The van der Waals surface area contributed by atoms with Crippen LogP contribution in [0.1, 0.15) is 51.0 Å². The molecule has 30 heavy (non-hydrogen) atoms. The molecule has 1 amide bonds. The summed E-state index contributed by atoms with van der Waals surface area (Å²) in [5.41, 5.74) is 2.61. The van der Waals surface area contributed by atoms with Gasteiger partial charge in [-0.15, -0.1) is 11.3 Å². The number of carbonyl (C=O) groups is 1. The first kappa shape index (κ1) is 21.0. The standard InChI is InChI=1S/C24H26ClN3OS/c1-3-20-28-21(16-8-7-9-18(25)14-16)22(30-20)17-10-13-26-19(15-17)27-23(29)24(2)11-5-4-6-12-24/h7-10,13-15H,3-6,11-12H2,1-2H3,(H,26,27,29). The normalized spacial score (nSPS) is 15.7. The average molecular weight is 440 g/mol. The molecule has 0 aliphatic heterocycles. The highest BCUT2D eigenvalue weighted by Crippen LogP contribution is 2.39. The van der Waals surface area contributed by atoms with Crippen molar-refractivity contribution in [2.45, 2.75) is 52.4 Å². The van der Waals surface area contributed by atoms with E-state index >= 15 is 0 Å². The highest BCUT2D eigenvalue weighted by molar-refractivity contribution is 7.15. The molecular weight excluding hydrogens is 414 g/mol. The number of rotatable bonds is 5. The van der Waals surface area contributed by atoms with Gasteiger partial charge in [0.05, 0.1) is 15.6 Å². The summed E-state index contributed by atoms with van der Waals surface area (Å²) in [5.74, 6) is 0.660. The van der Waals surface area contributed by atoms with Crippen LogP contribution in [0.5, 0.6) is 0 Å². The zero-order chi connectivity index (χ0) is 21.1. The Labute approximate surface area is 186 Å². The minimum atomic E-state index is -0.304. The Morgan fingerprint density at radius 2 is 1.97 bits per heavy atom. The number of thiazole rings is 1. The van der Waals surface area contributed by atoms with E-state index < -0.39 is 0 Å². The number of nitrogens with one attached hydrogen (secondary N) is 1. The molecule has 1 saturated carbocycles. The van der Waals surface area contributed by atoms with Crippen LogP contribution in [-0.2, 0) is 11.2 Å². The summed E-state index contributed by atoms with van der Waals surface area (Å²) in [6, 6.07) is 11.7. The molecule has 2 heterocycles. The minimum Gasteiger partial charge on any atom is -0.310 e. The molecule has 1 aliphatic carbocycles. The molecule has 1 aromatic carbocycles. The topological polar surface area (TPSA) is 54.9 Å². The third-order valence-electron chi connectivity index (χ3n) is 5.84. The van der Waals surface area contributed by atoms with Crippen LogP contribution in [-0.4, -0.2) is 15.9 Å². The van der Waals surface area contributed by atoms with Crippen molar-refractivity contribution in [3.8, 4) is 21.7 Å². The first-order chi connectivity index (χ1) is 14.5. The lowest BCUT2D eigenvalue weighted by Gasteiger charge is -2.31. The van der Waals surface area contributed by atoms with Crippen LogP contribution in [0, 0.1) is 5.41 Å². The summed E-state index contributed by atoms with van der Waals surface area (Å²) < 4.78 is 0. The van der Waals surface area contributed by atoms with Crippen molar-refractivity contribution in [2.24, 2.45) is 5.41 Å². The molecular formula is C24H26ClN3OS. The van der Waals surface area contributed by atoms with E-state index in [0.717, 1.165) is 58.8 Å². The fourth-order valence-corrected chi connectivity index (χ4v) is 5.22. The largest absolute Gasteiger partial charge is 0.310 e. The second-order valence-electron chi connectivity index (χ2n) is 8.15. The lowest BCUT2D eigenvalue weighted by Crippen LogP contribution is -2.35. The Morgan fingerprint density at radius 3 is 2.70 bits per heavy atom. The molecule has 0 bridgehead atoms. The molecule has 156 valence electrons. The predicted octanol–water partition coefficient (Wildman–Crippen LogP) is 7.00. The molecule has 6 heteroatoms. The maximum absolute atomic E-state index is 12.9. The number of aryl methyl sites for hydroxylation is 1. The minimum absolute atomic E-state index is 0.0699. The molecule has 2 aromatic heterocycles. The quantitative estimate of drug-likeness (QED) is 0.465. The number of benzene rings is 1. The van der Waals surface area contributed by atoms with E-state index in [-0.39, 0.29) is 11.3 Å². The highest BCUT2D eigenvalue weighted by atomic mass is 35.5. The van der Waals surface area contributed by atoms with Gasteiger partial charge in [-0.3, -0.25) is 4.79 Å². The van der Waals surface area contributed by atoms with Crippen molar-refractivity contribution in [1.82, 2.24) is 9.97 Å². The zero-order valence-corrected chi connectivity index (χ0v) is 18.9. The fourth-order valence-electron chi connectivity index (χ4n) is 4.01. The van der Waals surface area contributed by atoms with Gasteiger partial charge in [-0.25, -0.2) is 9.97 Å². The number of halogens is 1. The van der Waals surface area contributed by atoms with Crippen LogP contribution in [0.4, 0.5) is 5.82 Å². The van der Waals surface area contributed by atoms with Crippen molar-refractivity contribution in [1.29, 1.82) is 0 Å². The van der Waals surface area contributed by atoms with Gasteiger partial charge in [-0.05, 0) is 49.1 Å². The smallest absolute Gasteiger partial charge is 0.231 e. The van der Waals surface area contributed by atoms with Crippen LogP contribution >= 0.6 is 22.9 Å². The molecule has 4 nitrogen and oxygen atoms in total. The van der Waals surface area contributed by atoms with Gasteiger partial charge in [0.1, 0.15) is 5.82 Å². The number of carbonyl (C=O) groups excluding carboxylic acids is 1. The molecule has 0 atom stereocenters. The number of amides is 1. The van der Waals surface area contributed by atoms with Gasteiger partial charge in [0.15, 0.2) is 0 Å². The first-order valence-electron chi connectivity index (χ1n) is 10.5. The van der Waals surface area contributed by atoms with Gasteiger partial charge in [-0.1, -0.05) is 56.8 Å². The van der Waals surface area contributed by atoms with Crippen molar-refractivity contribution in [3.05, 3.63) is 52.6 Å². The predicted molar refractivity (Wildman–Crippen MR) is 125 cm³/mol. The van der Waals surface area contributed by atoms with Gasteiger partial charge in [0.2, 0.25) is 5.91 Å². The number of pyridine rings is 1. The molecule has 4 rings (SSSR count). The van der Waals surface area contributed by atoms with Gasteiger partial charge in [0.25, 0.3) is 0 Å². The van der Waals surface area contributed by atoms with Crippen LogP contribution in [0.25, 0.3) is 21.7 Å². The SMILES string of the molecule is CCc1nc(-c2cccc(Cl)c2)c(-c2ccnc(NC(=O)C3(C)CCCCC3)c2)s1. The van der Waals surface area contributed by atoms with E-state index in [9.17, 15) is 4.79 Å². The van der Waals surface area contributed by atoms with Crippen LogP contribution < -0.4 is 5.32 Å². The summed E-state index contributed by atoms with van der Waals surface area (Å²) in [7, 11) is 0. The van der Waals surface area contributed by atoms with Crippen molar-refractivity contribution in [2.75, 3.05) is 5.32 Å². The Hall–Kier alpha value is -2.24. The maximum Gasteiger partial charge on any atom is 0.231 e. The van der Waals surface area contributed by atoms with Gasteiger partial charge in [-0.2, -0.15) is 0 Å². The average Bonchev–Trinajstić information content (AvgIpc) is 3.19. The monoisotopic (exact) mass is 439 g/mol.